The van der Waals surface area contributed by atoms with E-state index in [2.05, 4.69) is 0 Å². The van der Waals surface area contributed by atoms with Crippen LogP contribution in [0.2, 0.25) is 0 Å². The standard InChI is InChI=1S/Ca.2NO3.H2O4S/c;2*2-1(3)4;1-5(2,3)4/h;;;(H2,1,2,3,4)/q+2;2*-1;. The van der Waals surface area contributed by atoms with E-state index in [1.54, 1.807) is 0 Å². The van der Waals surface area contributed by atoms with E-state index in [1.165, 1.54) is 0 Å². The Morgan fingerprint density at radius 3 is 0.857 bits per heavy atom. The van der Waals surface area contributed by atoms with Gasteiger partial charge in [-0.05, 0) is 0 Å². The molecule has 0 aromatic carbocycles. The van der Waals surface area contributed by atoms with Crippen LogP contribution >= 0.6 is 0 Å². The minimum absolute atomic E-state index is 0. The normalized spacial score (nSPS) is 7.57. The average Bonchev–Trinajstić information content (AvgIpc) is 1.50. The maximum Gasteiger partial charge on any atom is 2.00 e. The molecule has 12 nitrogen and oxygen atoms in total. The molecule has 80 valence electrons. The molecule has 14 heteroatoms. The molecule has 0 aliphatic carbocycles. The van der Waals surface area contributed by atoms with Crippen LogP contribution in [-0.4, -0.2) is 65.4 Å². The smallest absolute Gasteiger partial charge is 0.356 e. The van der Waals surface area contributed by atoms with Crippen molar-refractivity contribution in [3.05, 3.63) is 30.6 Å². The van der Waals surface area contributed by atoms with E-state index < -0.39 is 20.6 Å². The summed E-state index contributed by atoms with van der Waals surface area (Å²) in [6.45, 7) is 0. The van der Waals surface area contributed by atoms with Gasteiger partial charge in [0, 0.05) is 0 Å². The number of hydrogen-bond acceptors (Lipinski definition) is 8. The van der Waals surface area contributed by atoms with Crippen molar-refractivity contribution in [2.75, 3.05) is 0 Å². The third-order valence-electron chi connectivity index (χ3n) is 0. The van der Waals surface area contributed by atoms with Crippen LogP contribution in [0.4, 0.5) is 0 Å². The van der Waals surface area contributed by atoms with E-state index in [9.17, 15) is 0 Å². The Kier molecular flexibility index (Phi) is 20.9. The summed E-state index contributed by atoms with van der Waals surface area (Å²) in [4.78, 5) is 16.5. The molecular weight excluding hydrogens is 260 g/mol. The molecule has 0 heterocycles. The van der Waals surface area contributed by atoms with Gasteiger partial charge in [-0.1, -0.05) is 0 Å². The van der Waals surface area contributed by atoms with Crippen molar-refractivity contribution in [2.45, 2.75) is 0 Å². The summed E-state index contributed by atoms with van der Waals surface area (Å²) in [7, 11) is -4.67. The van der Waals surface area contributed by atoms with Crippen LogP contribution in [0.3, 0.4) is 0 Å². The van der Waals surface area contributed by atoms with Gasteiger partial charge in [-0.25, -0.2) is 0 Å². The quantitative estimate of drug-likeness (QED) is 0.223. The molecule has 0 radical (unpaired) electrons. The number of rotatable bonds is 0. The van der Waals surface area contributed by atoms with E-state index in [-0.39, 0.29) is 37.7 Å². The summed E-state index contributed by atoms with van der Waals surface area (Å²) >= 11 is 0. The van der Waals surface area contributed by atoms with Crippen LogP contribution in [0.5, 0.6) is 0 Å². The Morgan fingerprint density at radius 2 is 0.857 bits per heavy atom. The predicted octanol–water partition coefficient (Wildman–Crippen LogP) is -1.51. The van der Waals surface area contributed by atoms with Crippen molar-refractivity contribution in [1.29, 1.82) is 0 Å². The van der Waals surface area contributed by atoms with Crippen LogP contribution < -0.4 is 0 Å². The van der Waals surface area contributed by atoms with Gasteiger partial charge in [0.2, 0.25) is 0 Å². The van der Waals surface area contributed by atoms with Gasteiger partial charge >= 0.3 is 48.1 Å². The molecule has 0 aromatic heterocycles. The monoisotopic (exact) mass is 262 g/mol. The van der Waals surface area contributed by atoms with Crippen LogP contribution in [-0.2, 0) is 10.4 Å². The van der Waals surface area contributed by atoms with Crippen LogP contribution in [0.25, 0.3) is 0 Å². The summed E-state index contributed by atoms with van der Waals surface area (Å²) in [5.41, 5.74) is 0. The Balaban J connectivity index is -0.0000000522. The summed E-state index contributed by atoms with van der Waals surface area (Å²) in [5, 5.41) is 29.5. The number of hydrogen-bond donors (Lipinski definition) is 2. The van der Waals surface area contributed by atoms with Gasteiger partial charge in [-0.2, -0.15) is 8.42 Å². The molecule has 0 aromatic rings. The summed E-state index contributed by atoms with van der Waals surface area (Å²) in [6.07, 6.45) is 0. The van der Waals surface area contributed by atoms with Crippen molar-refractivity contribution >= 4 is 48.1 Å². The fraction of sp³-hybridized carbons (Fsp3) is 0. The molecule has 0 atom stereocenters. The zero-order chi connectivity index (χ0) is 11.7. The predicted molar refractivity (Wildman–Crippen MR) is 40.7 cm³/mol. The zero-order valence-corrected chi connectivity index (χ0v) is 9.20. The maximum atomic E-state index is 8.74. The average molecular weight is 262 g/mol. The molecule has 0 bridgehead atoms. The van der Waals surface area contributed by atoms with E-state index >= 15 is 0 Å². The van der Waals surface area contributed by atoms with Crippen LogP contribution in [0.1, 0.15) is 0 Å². The Bertz CT molecular complexity index is 213. The molecule has 0 aliphatic rings. The molecule has 0 saturated heterocycles. The second kappa shape index (κ2) is 12.5. The molecule has 14 heavy (non-hydrogen) atoms. The molecular formula is H2CaN2O10S. The molecule has 0 amide bonds. The van der Waals surface area contributed by atoms with Crippen molar-refractivity contribution < 1.29 is 27.7 Å². The van der Waals surface area contributed by atoms with Crippen molar-refractivity contribution in [1.82, 2.24) is 0 Å². The molecule has 0 rings (SSSR count). The van der Waals surface area contributed by atoms with Gasteiger partial charge < -0.3 is 30.6 Å². The van der Waals surface area contributed by atoms with Crippen LogP contribution in [0, 0.1) is 30.6 Å². The second-order valence-electron chi connectivity index (χ2n) is 0.895. The Hall–Kier alpha value is -0.470. The van der Waals surface area contributed by atoms with E-state index in [0.717, 1.165) is 0 Å². The van der Waals surface area contributed by atoms with E-state index in [4.69, 9.17) is 48.2 Å². The first-order chi connectivity index (χ1) is 5.46. The molecule has 0 aliphatic heterocycles. The van der Waals surface area contributed by atoms with Crippen molar-refractivity contribution in [3.63, 3.8) is 0 Å². The fourth-order valence-electron chi connectivity index (χ4n) is 0. The summed E-state index contributed by atoms with van der Waals surface area (Å²) in [5.74, 6) is 0. The van der Waals surface area contributed by atoms with Crippen LogP contribution in [0.15, 0.2) is 0 Å². The molecule has 0 fully saturated rings. The SMILES string of the molecule is O=S(=O)(O)O.O=[N+]([O-])[O-].O=[N+]([O-])[O-].[Ca+2]. The molecule has 0 unspecified atom stereocenters. The summed E-state index contributed by atoms with van der Waals surface area (Å²) in [6, 6.07) is 0. The molecule has 0 spiro atoms. The second-order valence-corrected chi connectivity index (χ2v) is 1.79. The first-order valence-corrected chi connectivity index (χ1v) is 3.19. The third kappa shape index (κ3) is 5780. The topological polar surface area (TPSA) is 207 Å². The van der Waals surface area contributed by atoms with Gasteiger partial charge in [0.15, 0.2) is 0 Å². The third-order valence-corrected chi connectivity index (χ3v) is 0. The minimum Gasteiger partial charge on any atom is -0.356 e. The first kappa shape index (κ1) is 23.4. The molecule has 2 N–H and O–H groups in total. The maximum absolute atomic E-state index is 8.74. The van der Waals surface area contributed by atoms with E-state index in [0.29, 0.717) is 0 Å². The van der Waals surface area contributed by atoms with Gasteiger partial charge in [0.05, 0.1) is 10.2 Å². The molecule has 0 saturated carbocycles. The Labute approximate surface area is 106 Å². The van der Waals surface area contributed by atoms with Gasteiger partial charge in [-0.3, -0.25) is 9.11 Å². The van der Waals surface area contributed by atoms with Crippen molar-refractivity contribution in [2.24, 2.45) is 0 Å². The van der Waals surface area contributed by atoms with Gasteiger partial charge in [0.1, 0.15) is 0 Å². The fourth-order valence-corrected chi connectivity index (χ4v) is 0. The van der Waals surface area contributed by atoms with E-state index in [1.807, 2.05) is 0 Å². The first-order valence-electron chi connectivity index (χ1n) is 1.79. The Morgan fingerprint density at radius 1 is 0.857 bits per heavy atom. The minimum atomic E-state index is -4.67. The van der Waals surface area contributed by atoms with Gasteiger partial charge in [0.25, 0.3) is 0 Å². The number of nitrogens with zero attached hydrogens (tertiary/aromatic N) is 2. The van der Waals surface area contributed by atoms with Crippen molar-refractivity contribution in [3.8, 4) is 0 Å². The largest absolute Gasteiger partial charge is 2.00 e. The van der Waals surface area contributed by atoms with Gasteiger partial charge in [-0.15, -0.1) is 0 Å². The summed E-state index contributed by atoms with van der Waals surface area (Å²) < 4.78 is 31.6. The zero-order valence-electron chi connectivity index (χ0n) is 6.17.